The van der Waals surface area contributed by atoms with Crippen LogP contribution in [0.3, 0.4) is 0 Å². The van der Waals surface area contributed by atoms with Gasteiger partial charge in [-0.1, -0.05) is 13.8 Å². The third kappa shape index (κ3) is 3.85. The fourth-order valence-corrected chi connectivity index (χ4v) is 0.762. The molecule has 2 heteroatoms. The minimum Gasteiger partial charge on any atom is -0.353 e. The van der Waals surface area contributed by atoms with Crippen molar-refractivity contribution in [1.82, 2.24) is 0 Å². The van der Waals surface area contributed by atoms with E-state index in [1.165, 1.54) is 0 Å². The summed E-state index contributed by atoms with van der Waals surface area (Å²) in [6.45, 7) is 9.60. The van der Waals surface area contributed by atoms with Crippen molar-refractivity contribution >= 4 is 0 Å². The summed E-state index contributed by atoms with van der Waals surface area (Å²) in [4.78, 5) is 0. The molecule has 0 heterocycles. The maximum Gasteiger partial charge on any atom is 0.159 e. The van der Waals surface area contributed by atoms with E-state index in [-0.39, 0.29) is 6.29 Å². The van der Waals surface area contributed by atoms with Crippen molar-refractivity contribution in [2.75, 3.05) is 13.2 Å². The monoisotopic (exact) mass is 146 g/mol. The van der Waals surface area contributed by atoms with E-state index in [2.05, 4.69) is 13.8 Å². The van der Waals surface area contributed by atoms with Gasteiger partial charge in [-0.05, 0) is 13.8 Å². The minimum absolute atomic E-state index is 0.0185. The lowest BCUT2D eigenvalue weighted by Crippen LogP contribution is -2.23. The number of ether oxygens (including phenoxy) is 2. The SMILES string of the molecule is CCOC(OCC)C(C)C. The van der Waals surface area contributed by atoms with Crippen molar-refractivity contribution in [1.29, 1.82) is 0 Å². The highest BCUT2D eigenvalue weighted by Gasteiger charge is 2.11. The molecule has 0 aliphatic heterocycles. The molecule has 0 saturated carbocycles. The van der Waals surface area contributed by atoms with Gasteiger partial charge in [0.15, 0.2) is 6.29 Å². The van der Waals surface area contributed by atoms with Crippen LogP contribution >= 0.6 is 0 Å². The molecule has 0 saturated heterocycles. The van der Waals surface area contributed by atoms with E-state index in [9.17, 15) is 0 Å². The maximum absolute atomic E-state index is 5.32. The van der Waals surface area contributed by atoms with Crippen molar-refractivity contribution in [3.63, 3.8) is 0 Å². The van der Waals surface area contributed by atoms with Crippen LogP contribution in [0.25, 0.3) is 0 Å². The molecule has 62 valence electrons. The maximum atomic E-state index is 5.32. The average Bonchev–Trinajstić information content (AvgIpc) is 1.87. The summed E-state index contributed by atoms with van der Waals surface area (Å²) in [7, 11) is 0. The molecule has 0 aromatic rings. The molecule has 0 radical (unpaired) electrons. The fourth-order valence-electron chi connectivity index (χ4n) is 0.762. The molecule has 0 fully saturated rings. The zero-order valence-electron chi connectivity index (χ0n) is 7.39. The van der Waals surface area contributed by atoms with Crippen molar-refractivity contribution in [3.8, 4) is 0 Å². The van der Waals surface area contributed by atoms with Crippen molar-refractivity contribution in [2.24, 2.45) is 5.92 Å². The van der Waals surface area contributed by atoms with Gasteiger partial charge in [0.2, 0.25) is 0 Å². The van der Waals surface area contributed by atoms with E-state index in [1.54, 1.807) is 0 Å². The van der Waals surface area contributed by atoms with Gasteiger partial charge in [0.25, 0.3) is 0 Å². The molecule has 10 heavy (non-hydrogen) atoms. The lowest BCUT2D eigenvalue weighted by Gasteiger charge is -2.19. The van der Waals surface area contributed by atoms with Gasteiger partial charge in [-0.25, -0.2) is 0 Å². The van der Waals surface area contributed by atoms with E-state index >= 15 is 0 Å². The Morgan fingerprint density at radius 3 is 1.60 bits per heavy atom. The van der Waals surface area contributed by atoms with E-state index in [1.807, 2.05) is 13.8 Å². The van der Waals surface area contributed by atoms with E-state index in [4.69, 9.17) is 9.47 Å². The van der Waals surface area contributed by atoms with Crippen LogP contribution in [0.15, 0.2) is 0 Å². The van der Waals surface area contributed by atoms with Gasteiger partial charge >= 0.3 is 0 Å². The Bertz CT molecular complexity index is 65.7. The fraction of sp³-hybridized carbons (Fsp3) is 1.00. The van der Waals surface area contributed by atoms with Gasteiger partial charge in [-0.15, -0.1) is 0 Å². The Morgan fingerprint density at radius 1 is 1.00 bits per heavy atom. The molecule has 0 aromatic carbocycles. The minimum atomic E-state index is -0.0185. The highest BCUT2D eigenvalue weighted by molar-refractivity contribution is 4.48. The van der Waals surface area contributed by atoms with Crippen LogP contribution in [0.1, 0.15) is 27.7 Å². The summed E-state index contributed by atoms with van der Waals surface area (Å²) < 4.78 is 10.6. The zero-order chi connectivity index (χ0) is 7.98. The van der Waals surface area contributed by atoms with Crippen molar-refractivity contribution in [2.45, 2.75) is 34.0 Å². The van der Waals surface area contributed by atoms with Gasteiger partial charge in [0, 0.05) is 19.1 Å². The second-order valence-electron chi connectivity index (χ2n) is 2.52. The largest absolute Gasteiger partial charge is 0.353 e. The molecule has 0 spiro atoms. The summed E-state index contributed by atoms with van der Waals surface area (Å²) in [5, 5.41) is 0. The standard InChI is InChI=1S/C8H18O2/c1-5-9-8(7(3)4)10-6-2/h7-8H,5-6H2,1-4H3. The first-order chi connectivity index (χ1) is 4.72. The van der Waals surface area contributed by atoms with Gasteiger partial charge in [-0.2, -0.15) is 0 Å². The molecule has 0 rings (SSSR count). The molecule has 2 nitrogen and oxygen atoms in total. The molecule has 0 amide bonds. The normalized spacial score (nSPS) is 11.4. The lowest BCUT2D eigenvalue weighted by molar-refractivity contribution is -0.159. The predicted octanol–water partition coefficient (Wildman–Crippen LogP) is 2.04. The quantitative estimate of drug-likeness (QED) is 0.552. The first kappa shape index (κ1) is 9.92. The summed E-state index contributed by atoms with van der Waals surface area (Å²) in [6, 6.07) is 0. The van der Waals surface area contributed by atoms with Crippen molar-refractivity contribution < 1.29 is 9.47 Å². The average molecular weight is 146 g/mol. The van der Waals surface area contributed by atoms with Gasteiger partial charge in [-0.3, -0.25) is 0 Å². The molecule has 0 atom stereocenters. The molecule has 0 bridgehead atoms. The molecule has 0 aliphatic rings. The van der Waals surface area contributed by atoms with Crippen LogP contribution < -0.4 is 0 Å². The first-order valence-electron chi connectivity index (χ1n) is 3.95. The molecular formula is C8H18O2. The van der Waals surface area contributed by atoms with Gasteiger partial charge in [0.05, 0.1) is 0 Å². The highest BCUT2D eigenvalue weighted by atomic mass is 16.7. The first-order valence-corrected chi connectivity index (χ1v) is 3.95. The molecule has 0 aromatic heterocycles. The zero-order valence-corrected chi connectivity index (χ0v) is 7.39. The second kappa shape index (κ2) is 5.69. The predicted molar refractivity (Wildman–Crippen MR) is 41.9 cm³/mol. The van der Waals surface area contributed by atoms with Crippen LogP contribution in [0.5, 0.6) is 0 Å². The smallest absolute Gasteiger partial charge is 0.159 e. The van der Waals surface area contributed by atoms with Crippen LogP contribution in [0.4, 0.5) is 0 Å². The molecule has 0 unspecified atom stereocenters. The number of hydrogen-bond acceptors (Lipinski definition) is 2. The molecule has 0 N–H and O–H groups in total. The van der Waals surface area contributed by atoms with E-state index < -0.39 is 0 Å². The van der Waals surface area contributed by atoms with Crippen molar-refractivity contribution in [3.05, 3.63) is 0 Å². The van der Waals surface area contributed by atoms with E-state index in [0.717, 1.165) is 13.2 Å². The summed E-state index contributed by atoms with van der Waals surface area (Å²) in [5.74, 6) is 0.444. The summed E-state index contributed by atoms with van der Waals surface area (Å²) >= 11 is 0. The van der Waals surface area contributed by atoms with Crippen LogP contribution in [-0.4, -0.2) is 19.5 Å². The third-order valence-corrected chi connectivity index (χ3v) is 1.21. The Kier molecular flexibility index (Phi) is 5.64. The van der Waals surface area contributed by atoms with Gasteiger partial charge < -0.3 is 9.47 Å². The van der Waals surface area contributed by atoms with E-state index in [0.29, 0.717) is 5.92 Å². The van der Waals surface area contributed by atoms with Crippen LogP contribution in [-0.2, 0) is 9.47 Å². The van der Waals surface area contributed by atoms with Gasteiger partial charge in [0.1, 0.15) is 0 Å². The molecular weight excluding hydrogens is 128 g/mol. The Morgan fingerprint density at radius 2 is 1.40 bits per heavy atom. The topological polar surface area (TPSA) is 18.5 Å². The summed E-state index contributed by atoms with van der Waals surface area (Å²) in [5.41, 5.74) is 0. The third-order valence-electron chi connectivity index (χ3n) is 1.21. The Hall–Kier alpha value is -0.0800. The summed E-state index contributed by atoms with van der Waals surface area (Å²) in [6.07, 6.45) is -0.0185. The number of rotatable bonds is 5. The van der Waals surface area contributed by atoms with Crippen LogP contribution in [0.2, 0.25) is 0 Å². The van der Waals surface area contributed by atoms with Crippen LogP contribution in [0, 0.1) is 5.92 Å². The Labute approximate surface area is 63.5 Å². The lowest BCUT2D eigenvalue weighted by atomic mass is 10.2. The second-order valence-corrected chi connectivity index (χ2v) is 2.52. The highest BCUT2D eigenvalue weighted by Crippen LogP contribution is 2.07. The molecule has 0 aliphatic carbocycles. The Balaban J connectivity index is 3.50. The number of hydrogen-bond donors (Lipinski definition) is 0.